The fourth-order valence-corrected chi connectivity index (χ4v) is 2.48. The van der Waals surface area contributed by atoms with Crippen LogP contribution in [-0.2, 0) is 0 Å². The summed E-state index contributed by atoms with van der Waals surface area (Å²) in [4.78, 5) is 0. The quantitative estimate of drug-likeness (QED) is 0.867. The second-order valence-electron chi connectivity index (χ2n) is 3.70. The molecule has 0 spiro atoms. The van der Waals surface area contributed by atoms with Crippen molar-refractivity contribution in [2.45, 2.75) is 13.8 Å². The fourth-order valence-electron chi connectivity index (χ4n) is 1.15. The van der Waals surface area contributed by atoms with Crippen molar-refractivity contribution < 1.29 is 5.11 Å². The highest BCUT2D eigenvalue weighted by atomic mass is 79.9. The lowest BCUT2D eigenvalue weighted by atomic mass is 9.97. The number of anilines is 1. The number of nitrogens with one attached hydrogen (secondary N) is 1. The van der Waals surface area contributed by atoms with Crippen LogP contribution in [-0.4, -0.2) is 18.3 Å². The number of hydrogen-bond donors (Lipinski definition) is 2. The van der Waals surface area contributed by atoms with Crippen LogP contribution in [0, 0.1) is 11.8 Å². The van der Waals surface area contributed by atoms with Gasteiger partial charge in [-0.15, -0.1) is 11.3 Å². The molecule has 0 aliphatic carbocycles. The largest absolute Gasteiger partial charge is 0.396 e. The Morgan fingerprint density at radius 1 is 1.57 bits per heavy atom. The molecular weight excluding hydrogens is 262 g/mol. The minimum Gasteiger partial charge on any atom is -0.396 e. The molecule has 0 radical (unpaired) electrons. The second kappa shape index (κ2) is 5.73. The van der Waals surface area contributed by atoms with Gasteiger partial charge in [0.15, 0.2) is 0 Å². The van der Waals surface area contributed by atoms with Gasteiger partial charge in [0.1, 0.15) is 0 Å². The highest BCUT2D eigenvalue weighted by Crippen LogP contribution is 2.25. The Kier molecular flexibility index (Phi) is 4.92. The third kappa shape index (κ3) is 3.59. The van der Waals surface area contributed by atoms with E-state index in [0.717, 1.165) is 16.0 Å². The van der Waals surface area contributed by atoms with Gasteiger partial charge in [0, 0.05) is 28.9 Å². The van der Waals surface area contributed by atoms with Crippen LogP contribution in [0.25, 0.3) is 0 Å². The zero-order valence-corrected chi connectivity index (χ0v) is 10.9. The van der Waals surface area contributed by atoms with E-state index in [9.17, 15) is 0 Å². The zero-order valence-electron chi connectivity index (χ0n) is 8.46. The minimum absolute atomic E-state index is 0.247. The van der Waals surface area contributed by atoms with E-state index in [-0.39, 0.29) is 6.61 Å². The van der Waals surface area contributed by atoms with Crippen LogP contribution in [0.1, 0.15) is 13.8 Å². The molecule has 1 rings (SSSR count). The first-order chi connectivity index (χ1) is 6.63. The Balaban J connectivity index is 2.39. The maximum atomic E-state index is 9.13. The molecule has 1 aromatic rings. The fraction of sp³-hybridized carbons (Fsp3) is 0.600. The molecule has 4 heteroatoms. The molecular formula is C10H16BrNOS. The molecule has 0 aliphatic rings. The van der Waals surface area contributed by atoms with Gasteiger partial charge in [0.25, 0.3) is 0 Å². The smallest absolute Gasteiger partial charge is 0.0894 e. The molecule has 0 aromatic carbocycles. The summed E-state index contributed by atoms with van der Waals surface area (Å²) in [6.45, 7) is 5.35. The summed E-state index contributed by atoms with van der Waals surface area (Å²) in [5, 5.41) is 15.7. The lowest BCUT2D eigenvalue weighted by Gasteiger charge is -2.18. The number of halogens is 1. The first-order valence-corrected chi connectivity index (χ1v) is 6.39. The van der Waals surface area contributed by atoms with Crippen LogP contribution >= 0.6 is 27.3 Å². The Labute approximate surface area is 97.5 Å². The minimum atomic E-state index is 0.247. The van der Waals surface area contributed by atoms with Crippen molar-refractivity contribution >= 4 is 32.3 Å². The van der Waals surface area contributed by atoms with Crippen LogP contribution in [0.3, 0.4) is 0 Å². The topological polar surface area (TPSA) is 32.3 Å². The van der Waals surface area contributed by atoms with Gasteiger partial charge in [-0.25, -0.2) is 0 Å². The molecule has 0 amide bonds. The zero-order chi connectivity index (χ0) is 10.6. The van der Waals surface area contributed by atoms with Crippen LogP contribution in [0.4, 0.5) is 5.00 Å². The van der Waals surface area contributed by atoms with E-state index in [0.29, 0.717) is 11.8 Å². The molecule has 1 heterocycles. The normalized spacial score (nSPS) is 13.2. The third-order valence-electron chi connectivity index (χ3n) is 2.28. The van der Waals surface area contributed by atoms with Crippen molar-refractivity contribution in [3.63, 3.8) is 0 Å². The van der Waals surface area contributed by atoms with Gasteiger partial charge < -0.3 is 10.4 Å². The van der Waals surface area contributed by atoms with Crippen LogP contribution in [0.15, 0.2) is 15.9 Å². The van der Waals surface area contributed by atoms with Crippen molar-refractivity contribution in [2.24, 2.45) is 11.8 Å². The van der Waals surface area contributed by atoms with Crippen LogP contribution in [0.2, 0.25) is 0 Å². The summed E-state index contributed by atoms with van der Waals surface area (Å²) in [5.74, 6) is 0.840. The molecule has 0 fully saturated rings. The van der Waals surface area contributed by atoms with Gasteiger partial charge in [-0.05, 0) is 27.9 Å². The van der Waals surface area contributed by atoms with Crippen molar-refractivity contribution in [3.05, 3.63) is 15.9 Å². The standard InChI is InChI=1S/C10H16BrNOS/c1-7(2)8(5-13)4-12-10-3-9(11)6-14-10/h3,6-8,12-13H,4-5H2,1-2H3. The van der Waals surface area contributed by atoms with E-state index in [2.05, 4.69) is 41.2 Å². The molecule has 14 heavy (non-hydrogen) atoms. The predicted octanol–water partition coefficient (Wildman–Crippen LogP) is 3.19. The molecule has 0 bridgehead atoms. The second-order valence-corrected chi connectivity index (χ2v) is 5.52. The lowest BCUT2D eigenvalue weighted by Crippen LogP contribution is -2.22. The first kappa shape index (κ1) is 12.0. The van der Waals surface area contributed by atoms with Gasteiger partial charge in [-0.1, -0.05) is 13.8 Å². The molecule has 0 saturated carbocycles. The van der Waals surface area contributed by atoms with Gasteiger partial charge in [-0.2, -0.15) is 0 Å². The average molecular weight is 278 g/mol. The number of thiophene rings is 1. The maximum Gasteiger partial charge on any atom is 0.0894 e. The number of rotatable bonds is 5. The molecule has 1 atom stereocenters. The van der Waals surface area contributed by atoms with Crippen LogP contribution in [0.5, 0.6) is 0 Å². The number of hydrogen-bond acceptors (Lipinski definition) is 3. The molecule has 80 valence electrons. The number of aliphatic hydroxyl groups is 1. The lowest BCUT2D eigenvalue weighted by molar-refractivity contribution is 0.198. The Morgan fingerprint density at radius 2 is 2.29 bits per heavy atom. The Bertz CT molecular complexity index is 275. The van der Waals surface area contributed by atoms with E-state index in [4.69, 9.17) is 5.11 Å². The van der Waals surface area contributed by atoms with E-state index < -0.39 is 0 Å². The van der Waals surface area contributed by atoms with Gasteiger partial charge in [0.2, 0.25) is 0 Å². The van der Waals surface area contributed by atoms with E-state index in [1.807, 2.05) is 5.38 Å². The SMILES string of the molecule is CC(C)C(CO)CNc1cc(Br)cs1. The van der Waals surface area contributed by atoms with E-state index in [1.165, 1.54) is 0 Å². The summed E-state index contributed by atoms with van der Waals surface area (Å²) >= 11 is 5.08. The van der Waals surface area contributed by atoms with E-state index >= 15 is 0 Å². The summed E-state index contributed by atoms with van der Waals surface area (Å²) in [5.41, 5.74) is 0. The first-order valence-electron chi connectivity index (χ1n) is 4.72. The van der Waals surface area contributed by atoms with Gasteiger partial charge in [-0.3, -0.25) is 0 Å². The van der Waals surface area contributed by atoms with Gasteiger partial charge in [0.05, 0.1) is 5.00 Å². The Hall–Kier alpha value is -0.0600. The van der Waals surface area contributed by atoms with Crippen molar-refractivity contribution in [2.75, 3.05) is 18.5 Å². The highest BCUT2D eigenvalue weighted by Gasteiger charge is 2.11. The van der Waals surface area contributed by atoms with E-state index in [1.54, 1.807) is 11.3 Å². The molecule has 1 aromatic heterocycles. The van der Waals surface area contributed by atoms with Crippen molar-refractivity contribution in [3.8, 4) is 0 Å². The van der Waals surface area contributed by atoms with Crippen molar-refractivity contribution in [1.29, 1.82) is 0 Å². The molecule has 2 nitrogen and oxygen atoms in total. The summed E-state index contributed by atoms with van der Waals surface area (Å²) in [6, 6.07) is 2.05. The monoisotopic (exact) mass is 277 g/mol. The number of aliphatic hydroxyl groups excluding tert-OH is 1. The van der Waals surface area contributed by atoms with Crippen LogP contribution < -0.4 is 5.32 Å². The van der Waals surface area contributed by atoms with Gasteiger partial charge >= 0.3 is 0 Å². The van der Waals surface area contributed by atoms with Crippen molar-refractivity contribution in [1.82, 2.24) is 0 Å². The highest BCUT2D eigenvalue weighted by molar-refractivity contribution is 9.10. The maximum absolute atomic E-state index is 9.13. The Morgan fingerprint density at radius 3 is 2.71 bits per heavy atom. The summed E-state index contributed by atoms with van der Waals surface area (Å²) in [6.07, 6.45) is 0. The molecule has 1 unspecified atom stereocenters. The third-order valence-corrected chi connectivity index (χ3v) is 3.93. The molecule has 0 aliphatic heterocycles. The molecule has 2 N–H and O–H groups in total. The summed E-state index contributed by atoms with van der Waals surface area (Å²) < 4.78 is 1.11. The summed E-state index contributed by atoms with van der Waals surface area (Å²) in [7, 11) is 0. The predicted molar refractivity (Wildman–Crippen MR) is 65.9 cm³/mol. The average Bonchev–Trinajstić information content (AvgIpc) is 2.52. The molecule has 0 saturated heterocycles.